The van der Waals surface area contributed by atoms with Gasteiger partial charge in [0.15, 0.2) is 5.13 Å². The van der Waals surface area contributed by atoms with Gasteiger partial charge in [-0.25, -0.2) is 26.1 Å². The first-order valence-corrected chi connectivity index (χ1v) is 12.9. The van der Waals surface area contributed by atoms with Gasteiger partial charge < -0.3 is 5.32 Å². The van der Waals surface area contributed by atoms with Gasteiger partial charge in [0.05, 0.1) is 10.5 Å². The van der Waals surface area contributed by atoms with E-state index >= 15 is 0 Å². The molecule has 1 atom stereocenters. The van der Waals surface area contributed by atoms with Crippen LogP contribution in [0.15, 0.2) is 69.9 Å². The van der Waals surface area contributed by atoms with E-state index in [-0.39, 0.29) is 26.2 Å². The van der Waals surface area contributed by atoms with Crippen LogP contribution in [0.4, 0.5) is 10.8 Å². The maximum atomic E-state index is 12.7. The Kier molecular flexibility index (Phi) is 5.48. The Morgan fingerprint density at radius 1 is 1.12 bits per heavy atom. The van der Waals surface area contributed by atoms with Crippen LogP contribution in [0.3, 0.4) is 0 Å². The highest BCUT2D eigenvalue weighted by Crippen LogP contribution is 2.32. The molecular weight excluding hydrogens is 476 g/mol. The Morgan fingerprint density at radius 2 is 1.81 bits per heavy atom. The van der Waals surface area contributed by atoms with Crippen molar-refractivity contribution in [2.45, 2.75) is 22.8 Å². The van der Waals surface area contributed by atoms with Crippen LogP contribution in [0.2, 0.25) is 0 Å². The maximum Gasteiger partial charge on any atom is 0.269 e. The molecule has 0 unspecified atom stereocenters. The van der Waals surface area contributed by atoms with Gasteiger partial charge in [0, 0.05) is 17.3 Å². The topological polar surface area (TPSA) is 143 Å². The first-order chi connectivity index (χ1) is 15.1. The predicted molar refractivity (Wildman–Crippen MR) is 117 cm³/mol. The minimum absolute atomic E-state index is 0.00874. The predicted octanol–water partition coefficient (Wildman–Crippen LogP) is 2.12. The summed E-state index contributed by atoms with van der Waals surface area (Å²) < 4.78 is 53.1. The van der Waals surface area contributed by atoms with Gasteiger partial charge >= 0.3 is 0 Å². The van der Waals surface area contributed by atoms with Crippen LogP contribution < -0.4 is 10.0 Å². The van der Waals surface area contributed by atoms with E-state index < -0.39 is 37.9 Å². The summed E-state index contributed by atoms with van der Waals surface area (Å²) >= 11 is 1.13. The standard InChI is InChI=1S/C19H16N4O6S3/c1-12(23-18(25)15-4-2-3-5-16(15)32(23,28)29)17(24)21-13-6-8-14(9-7-13)31(26,27)22-19-20-10-11-30-19/h2-12H,1H3,(H,20,22)(H,21,24)/t12-/m0/s1. The number of carbonyl (C=O) groups excluding carboxylic acids is 2. The molecule has 4 rings (SSSR count). The maximum absolute atomic E-state index is 12.7. The van der Waals surface area contributed by atoms with Gasteiger partial charge in [-0.05, 0) is 43.3 Å². The molecule has 2 amide bonds. The zero-order chi connectivity index (χ0) is 23.1. The molecule has 2 N–H and O–H groups in total. The number of sulfonamides is 2. The number of nitrogens with zero attached hydrogens (tertiary/aromatic N) is 2. The molecule has 0 saturated carbocycles. The van der Waals surface area contributed by atoms with Crippen molar-refractivity contribution >= 4 is 54.0 Å². The molecule has 166 valence electrons. The van der Waals surface area contributed by atoms with Crippen LogP contribution in [0.25, 0.3) is 0 Å². The number of thiazole rings is 1. The lowest BCUT2D eigenvalue weighted by Crippen LogP contribution is -2.45. The van der Waals surface area contributed by atoms with Gasteiger partial charge in [0.1, 0.15) is 10.9 Å². The van der Waals surface area contributed by atoms with E-state index in [0.717, 1.165) is 11.3 Å². The number of carbonyl (C=O) groups is 2. The van der Waals surface area contributed by atoms with E-state index in [0.29, 0.717) is 4.31 Å². The highest BCUT2D eigenvalue weighted by molar-refractivity contribution is 7.93. The summed E-state index contributed by atoms with van der Waals surface area (Å²) in [5, 5.41) is 4.35. The average molecular weight is 493 g/mol. The lowest BCUT2D eigenvalue weighted by Gasteiger charge is -2.22. The molecule has 0 fully saturated rings. The molecule has 0 saturated heterocycles. The molecule has 0 aliphatic carbocycles. The van der Waals surface area contributed by atoms with Crippen molar-refractivity contribution < 1.29 is 26.4 Å². The minimum Gasteiger partial charge on any atom is -0.324 e. The molecule has 3 aromatic rings. The Bertz CT molecular complexity index is 1400. The van der Waals surface area contributed by atoms with Crippen LogP contribution >= 0.6 is 11.3 Å². The van der Waals surface area contributed by atoms with E-state index in [1.165, 1.54) is 55.6 Å². The quantitative estimate of drug-likeness (QED) is 0.536. The molecule has 32 heavy (non-hydrogen) atoms. The third-order valence-corrected chi connectivity index (χ3v) is 8.76. The Balaban J connectivity index is 1.49. The van der Waals surface area contributed by atoms with Crippen LogP contribution in [0.5, 0.6) is 0 Å². The van der Waals surface area contributed by atoms with Crippen molar-refractivity contribution in [2.75, 3.05) is 10.0 Å². The molecule has 1 aliphatic heterocycles. The van der Waals surface area contributed by atoms with Crippen molar-refractivity contribution in [2.24, 2.45) is 0 Å². The molecule has 13 heteroatoms. The number of aromatic nitrogens is 1. The number of nitrogens with one attached hydrogen (secondary N) is 2. The van der Waals surface area contributed by atoms with Crippen molar-refractivity contribution in [1.82, 2.24) is 9.29 Å². The van der Waals surface area contributed by atoms with Gasteiger partial charge in [0.25, 0.3) is 26.0 Å². The Hall–Kier alpha value is -3.29. The van der Waals surface area contributed by atoms with E-state index in [9.17, 15) is 26.4 Å². The zero-order valence-corrected chi connectivity index (χ0v) is 18.9. The highest BCUT2D eigenvalue weighted by Gasteiger charge is 2.45. The summed E-state index contributed by atoms with van der Waals surface area (Å²) in [5.74, 6) is -1.52. The monoisotopic (exact) mass is 492 g/mol. The second-order valence-electron chi connectivity index (χ2n) is 6.73. The average Bonchev–Trinajstić information content (AvgIpc) is 3.32. The van der Waals surface area contributed by atoms with Gasteiger partial charge in [-0.2, -0.15) is 0 Å². The summed E-state index contributed by atoms with van der Waals surface area (Å²) in [6.45, 7) is 1.30. The van der Waals surface area contributed by atoms with Crippen LogP contribution in [0.1, 0.15) is 17.3 Å². The molecule has 1 aromatic heterocycles. The van der Waals surface area contributed by atoms with E-state index in [2.05, 4.69) is 15.0 Å². The lowest BCUT2D eigenvalue weighted by molar-refractivity contribution is -0.118. The normalized spacial score (nSPS) is 15.8. The number of hydrogen-bond acceptors (Lipinski definition) is 8. The number of hydrogen-bond donors (Lipinski definition) is 2. The summed E-state index contributed by atoms with van der Waals surface area (Å²) in [5.41, 5.74) is 0.242. The highest BCUT2D eigenvalue weighted by atomic mass is 32.2. The molecule has 2 heterocycles. The SMILES string of the molecule is C[C@@H](C(=O)Nc1ccc(S(=O)(=O)Nc2nccs2)cc1)N1C(=O)c2ccccc2S1(=O)=O. The molecule has 0 radical (unpaired) electrons. The van der Waals surface area contributed by atoms with Crippen molar-refractivity contribution in [1.29, 1.82) is 0 Å². The van der Waals surface area contributed by atoms with Crippen molar-refractivity contribution in [3.05, 3.63) is 65.7 Å². The van der Waals surface area contributed by atoms with Crippen molar-refractivity contribution in [3.63, 3.8) is 0 Å². The second-order valence-corrected chi connectivity index (χ2v) is 11.1. The number of fused-ring (bicyclic) bond motifs is 1. The summed E-state index contributed by atoms with van der Waals surface area (Å²) in [6.07, 6.45) is 1.46. The van der Waals surface area contributed by atoms with E-state index in [1.54, 1.807) is 11.4 Å². The lowest BCUT2D eigenvalue weighted by atomic mass is 10.2. The smallest absolute Gasteiger partial charge is 0.269 e. The first kappa shape index (κ1) is 21.9. The van der Waals surface area contributed by atoms with Crippen LogP contribution in [0, 0.1) is 0 Å². The van der Waals surface area contributed by atoms with Crippen LogP contribution in [-0.2, 0) is 24.8 Å². The number of rotatable bonds is 6. The molecular formula is C19H16N4O6S3. The van der Waals surface area contributed by atoms with E-state index in [1.807, 2.05) is 0 Å². The Morgan fingerprint density at radius 3 is 2.44 bits per heavy atom. The second kappa shape index (κ2) is 8.00. The van der Waals surface area contributed by atoms with E-state index in [4.69, 9.17) is 0 Å². The van der Waals surface area contributed by atoms with Crippen LogP contribution in [-0.4, -0.2) is 44.0 Å². The minimum atomic E-state index is -4.15. The fraction of sp³-hybridized carbons (Fsp3) is 0.105. The fourth-order valence-corrected chi connectivity index (χ4v) is 6.62. The zero-order valence-electron chi connectivity index (χ0n) is 16.4. The van der Waals surface area contributed by atoms with Gasteiger partial charge in [-0.1, -0.05) is 12.1 Å². The third kappa shape index (κ3) is 3.85. The molecule has 10 nitrogen and oxygen atoms in total. The molecule has 2 aromatic carbocycles. The van der Waals surface area contributed by atoms with Gasteiger partial charge in [-0.15, -0.1) is 11.3 Å². The Labute approximate surface area is 188 Å². The summed E-state index contributed by atoms with van der Waals surface area (Å²) in [6, 6.07) is 9.69. The summed E-state index contributed by atoms with van der Waals surface area (Å²) in [7, 11) is -8.01. The fourth-order valence-electron chi connectivity index (χ4n) is 3.10. The number of anilines is 2. The molecule has 0 bridgehead atoms. The number of benzene rings is 2. The largest absolute Gasteiger partial charge is 0.324 e. The number of amides is 2. The molecule has 1 aliphatic rings. The van der Waals surface area contributed by atoms with Gasteiger partial charge in [-0.3, -0.25) is 14.3 Å². The van der Waals surface area contributed by atoms with Gasteiger partial charge in [0.2, 0.25) is 5.91 Å². The molecule has 0 spiro atoms. The first-order valence-electron chi connectivity index (χ1n) is 9.12. The van der Waals surface area contributed by atoms with Crippen molar-refractivity contribution in [3.8, 4) is 0 Å². The third-order valence-electron chi connectivity index (χ3n) is 4.67. The summed E-state index contributed by atoms with van der Waals surface area (Å²) in [4.78, 5) is 28.9.